The van der Waals surface area contributed by atoms with Gasteiger partial charge < -0.3 is 20.3 Å². The fourth-order valence-electron chi connectivity index (χ4n) is 2.35. The Morgan fingerprint density at radius 1 is 1.65 bits per heavy atom. The number of nitrogens with zero attached hydrogens (tertiary/aromatic N) is 2. The van der Waals surface area contributed by atoms with Gasteiger partial charge in [-0.1, -0.05) is 6.92 Å². The van der Waals surface area contributed by atoms with Crippen molar-refractivity contribution in [1.82, 2.24) is 9.55 Å². The first-order valence-corrected chi connectivity index (χ1v) is 6.84. The maximum absolute atomic E-state index is 11.8. The number of rotatable bonds is 6. The third kappa shape index (κ3) is 3.36. The van der Waals surface area contributed by atoms with Crippen LogP contribution in [0.3, 0.4) is 0 Å². The number of hydrogen-bond acceptors (Lipinski definition) is 6. The highest BCUT2D eigenvalue weighted by Gasteiger charge is 2.36. The lowest BCUT2D eigenvalue weighted by Crippen LogP contribution is -2.27. The van der Waals surface area contributed by atoms with E-state index in [-0.39, 0.29) is 24.4 Å². The van der Waals surface area contributed by atoms with Crippen LogP contribution in [0.4, 0.5) is 5.82 Å². The van der Waals surface area contributed by atoms with Crippen LogP contribution >= 0.6 is 0 Å². The summed E-state index contributed by atoms with van der Waals surface area (Å²) in [5.41, 5.74) is 5.02. The Balaban J connectivity index is 2.05. The Morgan fingerprint density at radius 3 is 3.10 bits per heavy atom. The summed E-state index contributed by atoms with van der Waals surface area (Å²) < 4.78 is 12.6. The van der Waals surface area contributed by atoms with Gasteiger partial charge in [-0.25, -0.2) is 4.79 Å². The van der Waals surface area contributed by atoms with Gasteiger partial charge in [0, 0.05) is 25.1 Å². The summed E-state index contributed by atoms with van der Waals surface area (Å²) in [7, 11) is 0. The molecule has 0 radical (unpaired) electrons. The van der Waals surface area contributed by atoms with Crippen LogP contribution in [0.15, 0.2) is 17.1 Å². The lowest BCUT2D eigenvalue weighted by atomic mass is 10.0. The number of aliphatic hydroxyl groups is 1. The van der Waals surface area contributed by atoms with Gasteiger partial charge in [-0.15, -0.1) is 0 Å². The summed E-state index contributed by atoms with van der Waals surface area (Å²) in [4.78, 5) is 15.5. The average molecular weight is 283 g/mol. The second kappa shape index (κ2) is 6.83. The first kappa shape index (κ1) is 15.0. The van der Waals surface area contributed by atoms with E-state index in [9.17, 15) is 9.90 Å². The predicted octanol–water partition coefficient (Wildman–Crippen LogP) is 0.148. The van der Waals surface area contributed by atoms with Crippen molar-refractivity contribution in [3.8, 4) is 0 Å². The summed E-state index contributed by atoms with van der Waals surface area (Å²) in [6.07, 6.45) is 2.38. The van der Waals surface area contributed by atoms with Gasteiger partial charge in [0.2, 0.25) is 0 Å². The quantitative estimate of drug-likeness (QED) is 0.721. The average Bonchev–Trinajstić information content (AvgIpc) is 2.82. The standard InChI is InChI=1S/C13H21N3O4/c1-2-5-19-8-9-6-12(20-10(9)7-17)16-4-3-11(14)15-13(16)18/h3-4,9-10,12,17H,2,5-8H2,1H3,(H2,14,15,18). The normalized spacial score (nSPS) is 26.0. The van der Waals surface area contributed by atoms with Crippen LogP contribution in [0.25, 0.3) is 0 Å². The molecule has 0 amide bonds. The van der Waals surface area contributed by atoms with Crippen molar-refractivity contribution in [3.63, 3.8) is 0 Å². The monoisotopic (exact) mass is 283 g/mol. The van der Waals surface area contributed by atoms with Gasteiger partial charge in [-0.05, 0) is 12.5 Å². The van der Waals surface area contributed by atoms with Crippen molar-refractivity contribution in [3.05, 3.63) is 22.7 Å². The highest BCUT2D eigenvalue weighted by atomic mass is 16.5. The molecule has 0 aliphatic carbocycles. The van der Waals surface area contributed by atoms with E-state index >= 15 is 0 Å². The number of hydrogen-bond donors (Lipinski definition) is 2. The van der Waals surface area contributed by atoms with Crippen molar-refractivity contribution in [1.29, 1.82) is 0 Å². The summed E-state index contributed by atoms with van der Waals surface area (Å²) >= 11 is 0. The molecule has 1 saturated heterocycles. The van der Waals surface area contributed by atoms with E-state index in [1.54, 1.807) is 12.3 Å². The zero-order valence-corrected chi connectivity index (χ0v) is 11.6. The molecular formula is C13H21N3O4. The van der Waals surface area contributed by atoms with Gasteiger partial charge in [-0.3, -0.25) is 4.57 Å². The number of nitrogen functional groups attached to an aromatic ring is 1. The van der Waals surface area contributed by atoms with Crippen molar-refractivity contribution in [2.75, 3.05) is 25.6 Å². The molecule has 1 aromatic heterocycles. The highest BCUT2D eigenvalue weighted by molar-refractivity contribution is 5.23. The summed E-state index contributed by atoms with van der Waals surface area (Å²) in [6.45, 7) is 3.15. The fourth-order valence-corrected chi connectivity index (χ4v) is 2.35. The minimum atomic E-state index is -0.443. The van der Waals surface area contributed by atoms with E-state index in [0.717, 1.165) is 6.42 Å². The summed E-state index contributed by atoms with van der Waals surface area (Å²) in [5.74, 6) is 0.256. The lowest BCUT2D eigenvalue weighted by molar-refractivity contribution is -0.0406. The SMILES string of the molecule is CCCOCC1CC(n2ccc(N)nc2=O)OC1CO. The zero-order chi connectivity index (χ0) is 14.5. The molecule has 2 rings (SSSR count). The van der Waals surface area contributed by atoms with E-state index in [1.807, 2.05) is 6.92 Å². The Kier molecular flexibility index (Phi) is 5.11. The Bertz CT molecular complexity index is 491. The van der Waals surface area contributed by atoms with E-state index in [0.29, 0.717) is 19.6 Å². The molecule has 3 atom stereocenters. The fraction of sp³-hybridized carbons (Fsp3) is 0.692. The van der Waals surface area contributed by atoms with Crippen LogP contribution in [-0.4, -0.2) is 40.6 Å². The molecule has 7 nitrogen and oxygen atoms in total. The van der Waals surface area contributed by atoms with Gasteiger partial charge in [0.15, 0.2) is 0 Å². The van der Waals surface area contributed by atoms with Crippen LogP contribution in [0.2, 0.25) is 0 Å². The number of aromatic nitrogens is 2. The topological polar surface area (TPSA) is 99.6 Å². The first-order valence-electron chi connectivity index (χ1n) is 6.84. The molecule has 0 saturated carbocycles. The van der Waals surface area contributed by atoms with E-state index in [2.05, 4.69) is 4.98 Å². The molecule has 3 N–H and O–H groups in total. The highest BCUT2D eigenvalue weighted by Crippen LogP contribution is 2.32. The third-order valence-electron chi connectivity index (χ3n) is 3.38. The van der Waals surface area contributed by atoms with Gasteiger partial charge in [0.25, 0.3) is 0 Å². The molecule has 0 aromatic carbocycles. The number of ether oxygens (including phenoxy) is 2. The van der Waals surface area contributed by atoms with Crippen LogP contribution in [0.1, 0.15) is 26.0 Å². The largest absolute Gasteiger partial charge is 0.394 e. The molecule has 1 aliphatic heterocycles. The third-order valence-corrected chi connectivity index (χ3v) is 3.38. The van der Waals surface area contributed by atoms with Crippen molar-refractivity contribution in [2.45, 2.75) is 32.1 Å². The zero-order valence-electron chi connectivity index (χ0n) is 11.6. The molecule has 2 heterocycles. The van der Waals surface area contributed by atoms with Gasteiger partial charge in [0.1, 0.15) is 12.0 Å². The van der Waals surface area contributed by atoms with Crippen molar-refractivity contribution < 1.29 is 14.6 Å². The van der Waals surface area contributed by atoms with E-state index < -0.39 is 11.9 Å². The summed E-state index contributed by atoms with van der Waals surface area (Å²) in [5, 5.41) is 9.37. The van der Waals surface area contributed by atoms with Crippen LogP contribution in [-0.2, 0) is 9.47 Å². The predicted molar refractivity (Wildman–Crippen MR) is 73.1 cm³/mol. The molecule has 0 bridgehead atoms. The number of nitrogens with two attached hydrogens (primary N) is 1. The summed E-state index contributed by atoms with van der Waals surface area (Å²) in [6, 6.07) is 1.56. The Morgan fingerprint density at radius 2 is 2.45 bits per heavy atom. The molecule has 3 unspecified atom stereocenters. The van der Waals surface area contributed by atoms with E-state index in [4.69, 9.17) is 15.2 Å². The molecule has 112 valence electrons. The Labute approximate surface area is 117 Å². The van der Waals surface area contributed by atoms with Crippen LogP contribution < -0.4 is 11.4 Å². The molecule has 1 aromatic rings. The van der Waals surface area contributed by atoms with Gasteiger partial charge in [0.05, 0.1) is 19.3 Å². The number of aliphatic hydroxyl groups excluding tert-OH is 1. The second-order valence-corrected chi connectivity index (χ2v) is 4.92. The smallest absolute Gasteiger partial charge is 0.351 e. The first-order chi connectivity index (χ1) is 9.65. The van der Waals surface area contributed by atoms with Crippen molar-refractivity contribution in [2.24, 2.45) is 5.92 Å². The molecule has 7 heteroatoms. The second-order valence-electron chi connectivity index (χ2n) is 4.92. The van der Waals surface area contributed by atoms with Gasteiger partial charge >= 0.3 is 5.69 Å². The molecule has 0 spiro atoms. The molecule has 1 aliphatic rings. The number of anilines is 1. The van der Waals surface area contributed by atoms with Gasteiger partial charge in [-0.2, -0.15) is 4.98 Å². The van der Waals surface area contributed by atoms with Crippen LogP contribution in [0.5, 0.6) is 0 Å². The molecular weight excluding hydrogens is 262 g/mol. The molecule has 1 fully saturated rings. The molecule has 20 heavy (non-hydrogen) atoms. The Hall–Kier alpha value is -1.44. The minimum absolute atomic E-state index is 0.0704. The van der Waals surface area contributed by atoms with E-state index in [1.165, 1.54) is 4.57 Å². The van der Waals surface area contributed by atoms with Crippen LogP contribution in [0, 0.1) is 5.92 Å². The maximum Gasteiger partial charge on any atom is 0.351 e. The van der Waals surface area contributed by atoms with Crippen molar-refractivity contribution >= 4 is 5.82 Å². The minimum Gasteiger partial charge on any atom is -0.394 e. The lowest BCUT2D eigenvalue weighted by Gasteiger charge is -2.15. The maximum atomic E-state index is 11.8.